The van der Waals surface area contributed by atoms with E-state index in [-0.39, 0.29) is 32.0 Å². The molecule has 0 heterocycles. The molecule has 2 unspecified atom stereocenters. The highest BCUT2D eigenvalue weighted by Gasteiger charge is 2.22. The quantitative estimate of drug-likeness (QED) is 0.0195. The van der Waals surface area contributed by atoms with E-state index in [0.29, 0.717) is 17.4 Å². The lowest BCUT2D eigenvalue weighted by Gasteiger charge is -2.28. The first kappa shape index (κ1) is 69.2. The van der Waals surface area contributed by atoms with E-state index < -0.39 is 26.5 Å². The molecule has 0 bridgehead atoms. The summed E-state index contributed by atoms with van der Waals surface area (Å²) in [6.45, 7) is 4.27. The molecule has 0 spiro atoms. The lowest BCUT2D eigenvalue weighted by Crippen LogP contribution is -2.37. The molecule has 10 heteroatoms. The summed E-state index contributed by atoms with van der Waals surface area (Å²) in [4.78, 5) is 37.9. The predicted molar refractivity (Wildman–Crippen MR) is 301 cm³/mol. The molecule has 418 valence electrons. The lowest BCUT2D eigenvalue weighted by atomic mass is 10.0. The van der Waals surface area contributed by atoms with Crippen molar-refractivity contribution in [2.24, 2.45) is 0 Å². The monoisotopic (exact) mass is 1020 g/mol. The van der Waals surface area contributed by atoms with Gasteiger partial charge in [0.2, 0.25) is 0 Å². The Balaban J connectivity index is 4.05. The number of rotatable bonds is 56. The molecule has 0 radical (unpaired) electrons. The maximum atomic E-state index is 12.8. The third-order valence-electron chi connectivity index (χ3n) is 13.4. The van der Waals surface area contributed by atoms with Gasteiger partial charge in [-0.15, -0.1) is 0 Å². The van der Waals surface area contributed by atoms with Crippen LogP contribution in [0.25, 0.3) is 0 Å². The molecular weight excluding hydrogens is 906 g/mol. The standard InChI is InChI=1S/C61H116NO8P/c1-6-8-10-12-14-16-18-20-22-24-25-26-27-28-29-30-31-32-33-34-35-36-37-38-40-42-44-46-48-50-52-54-61(64)70-59(58-69-71(65,66)68-56-55-62(3,4)5)57-67-60(63)53-51-49-47-45-43-41-39-23-21-19-17-15-13-11-9-7-2/h18,20,24-25,27-28,59H,6-17,19,21-23,26,29-58H2,1-5H3/b20-18-,25-24-,28-27-. The van der Waals surface area contributed by atoms with Crippen LogP contribution in [0.2, 0.25) is 0 Å². The van der Waals surface area contributed by atoms with Crippen LogP contribution in [0.3, 0.4) is 0 Å². The molecule has 0 aliphatic carbocycles. The number of carbonyl (C=O) groups excluding carboxylic acids is 2. The Morgan fingerprint density at radius 3 is 1.13 bits per heavy atom. The molecule has 0 aromatic carbocycles. The highest BCUT2D eigenvalue weighted by molar-refractivity contribution is 7.45. The maximum Gasteiger partial charge on any atom is 0.306 e. The Labute approximate surface area is 440 Å². The Morgan fingerprint density at radius 1 is 0.437 bits per heavy atom. The minimum Gasteiger partial charge on any atom is -0.756 e. The average Bonchev–Trinajstić information content (AvgIpc) is 3.33. The highest BCUT2D eigenvalue weighted by atomic mass is 31.2. The molecule has 71 heavy (non-hydrogen) atoms. The van der Waals surface area contributed by atoms with Gasteiger partial charge < -0.3 is 27.9 Å². The van der Waals surface area contributed by atoms with Gasteiger partial charge in [-0.2, -0.15) is 0 Å². The van der Waals surface area contributed by atoms with E-state index in [1.807, 2.05) is 21.1 Å². The van der Waals surface area contributed by atoms with E-state index in [1.165, 1.54) is 205 Å². The zero-order chi connectivity index (χ0) is 52.0. The lowest BCUT2D eigenvalue weighted by molar-refractivity contribution is -0.870. The van der Waals surface area contributed by atoms with Crippen LogP contribution in [0.1, 0.15) is 290 Å². The second-order valence-corrected chi connectivity index (χ2v) is 23.1. The number of quaternary nitrogens is 1. The molecule has 0 aliphatic heterocycles. The summed E-state index contributed by atoms with van der Waals surface area (Å²) in [5.41, 5.74) is 0. The zero-order valence-corrected chi connectivity index (χ0v) is 48.3. The number of phosphoric ester groups is 1. The number of carbonyl (C=O) groups is 2. The fraction of sp³-hybridized carbons (Fsp3) is 0.869. The normalized spacial score (nSPS) is 13.5. The molecule has 0 N–H and O–H groups in total. The Bertz CT molecular complexity index is 1300. The topological polar surface area (TPSA) is 111 Å². The van der Waals surface area contributed by atoms with Gasteiger partial charge in [-0.1, -0.05) is 262 Å². The molecule has 0 saturated carbocycles. The van der Waals surface area contributed by atoms with Crippen LogP contribution in [0.4, 0.5) is 0 Å². The smallest absolute Gasteiger partial charge is 0.306 e. The number of allylic oxidation sites excluding steroid dienone is 6. The number of unbranched alkanes of at least 4 members (excludes halogenated alkanes) is 36. The van der Waals surface area contributed by atoms with Gasteiger partial charge in [-0.3, -0.25) is 14.2 Å². The largest absolute Gasteiger partial charge is 0.756 e. The number of hydrogen-bond acceptors (Lipinski definition) is 8. The van der Waals surface area contributed by atoms with Crippen molar-refractivity contribution in [3.05, 3.63) is 36.5 Å². The highest BCUT2D eigenvalue weighted by Crippen LogP contribution is 2.38. The van der Waals surface area contributed by atoms with E-state index in [2.05, 4.69) is 50.3 Å². The molecular formula is C61H116NO8P. The SMILES string of the molecule is CCCCCCC/C=C\C/C=C\C/C=C\CCCCCCCCCCCCCCCCCCC(=O)OC(COC(=O)CCCCCCCCCCCCCCCCCC)COP(=O)([O-])OCC[N+](C)(C)C. The van der Waals surface area contributed by atoms with Gasteiger partial charge in [0, 0.05) is 12.8 Å². The van der Waals surface area contributed by atoms with E-state index in [0.717, 1.165) is 51.4 Å². The Kier molecular flexibility index (Phi) is 51.7. The fourth-order valence-corrected chi connectivity index (χ4v) is 9.45. The maximum absolute atomic E-state index is 12.8. The first-order valence-corrected chi connectivity index (χ1v) is 31.7. The van der Waals surface area contributed by atoms with Gasteiger partial charge in [-0.05, 0) is 51.4 Å². The van der Waals surface area contributed by atoms with Crippen molar-refractivity contribution in [2.75, 3.05) is 47.5 Å². The van der Waals surface area contributed by atoms with Crippen molar-refractivity contribution < 1.29 is 42.1 Å². The number of likely N-dealkylation sites (N-methyl/N-ethyl adjacent to an activating group) is 1. The molecule has 9 nitrogen and oxygen atoms in total. The fourth-order valence-electron chi connectivity index (χ4n) is 8.72. The molecule has 0 aromatic rings. The summed E-state index contributed by atoms with van der Waals surface area (Å²) >= 11 is 0. The van der Waals surface area contributed by atoms with Crippen LogP contribution in [0.15, 0.2) is 36.5 Å². The van der Waals surface area contributed by atoms with Gasteiger partial charge in [-0.25, -0.2) is 0 Å². The number of hydrogen-bond donors (Lipinski definition) is 0. The first-order chi connectivity index (χ1) is 34.5. The van der Waals surface area contributed by atoms with Crippen LogP contribution >= 0.6 is 7.82 Å². The van der Waals surface area contributed by atoms with Crippen LogP contribution in [0.5, 0.6) is 0 Å². The van der Waals surface area contributed by atoms with E-state index >= 15 is 0 Å². The molecule has 0 aliphatic rings. The molecule has 0 fully saturated rings. The second-order valence-electron chi connectivity index (χ2n) is 21.7. The van der Waals surface area contributed by atoms with Crippen LogP contribution in [-0.4, -0.2) is 70.0 Å². The van der Waals surface area contributed by atoms with Gasteiger partial charge in [0.1, 0.15) is 19.8 Å². The van der Waals surface area contributed by atoms with Crippen molar-refractivity contribution in [3.8, 4) is 0 Å². The summed E-state index contributed by atoms with van der Waals surface area (Å²) in [5.74, 6) is -0.818. The van der Waals surface area contributed by atoms with Crippen molar-refractivity contribution >= 4 is 19.8 Å². The van der Waals surface area contributed by atoms with Gasteiger partial charge in [0.25, 0.3) is 7.82 Å². The third kappa shape index (κ3) is 57.4. The number of ether oxygens (including phenoxy) is 2. The average molecular weight is 1020 g/mol. The second kappa shape index (κ2) is 53.1. The minimum absolute atomic E-state index is 0.0284. The van der Waals surface area contributed by atoms with Crippen molar-refractivity contribution in [3.63, 3.8) is 0 Å². The Morgan fingerprint density at radius 2 is 0.761 bits per heavy atom. The summed E-state index contributed by atoms with van der Waals surface area (Å²) in [7, 11) is 1.18. The van der Waals surface area contributed by atoms with Crippen LogP contribution in [0, 0.1) is 0 Å². The third-order valence-corrected chi connectivity index (χ3v) is 14.4. The van der Waals surface area contributed by atoms with Crippen molar-refractivity contribution in [1.82, 2.24) is 0 Å². The molecule has 0 amide bonds. The number of nitrogens with zero attached hydrogens (tertiary/aromatic N) is 1. The predicted octanol–water partition coefficient (Wildman–Crippen LogP) is 18.1. The summed E-state index contributed by atoms with van der Waals surface area (Å²) in [6, 6.07) is 0. The molecule has 0 rings (SSSR count). The van der Waals surface area contributed by atoms with E-state index in [1.54, 1.807) is 0 Å². The van der Waals surface area contributed by atoms with Gasteiger partial charge in [0.05, 0.1) is 27.7 Å². The summed E-state index contributed by atoms with van der Waals surface area (Å²) in [5, 5.41) is 0. The molecule has 2 atom stereocenters. The van der Waals surface area contributed by atoms with Crippen molar-refractivity contribution in [1.29, 1.82) is 0 Å². The summed E-state index contributed by atoms with van der Waals surface area (Å²) in [6.07, 6.45) is 64.8. The van der Waals surface area contributed by atoms with Crippen LogP contribution in [-0.2, 0) is 32.7 Å². The van der Waals surface area contributed by atoms with Crippen LogP contribution < -0.4 is 4.89 Å². The van der Waals surface area contributed by atoms with E-state index in [9.17, 15) is 19.0 Å². The Hall–Kier alpha value is -1.77. The number of esters is 2. The van der Waals surface area contributed by atoms with Gasteiger partial charge in [0.15, 0.2) is 6.10 Å². The molecule has 0 saturated heterocycles. The van der Waals surface area contributed by atoms with Crippen molar-refractivity contribution in [2.45, 2.75) is 296 Å². The summed E-state index contributed by atoms with van der Waals surface area (Å²) < 4.78 is 34.2. The first-order valence-electron chi connectivity index (χ1n) is 30.2. The van der Waals surface area contributed by atoms with Gasteiger partial charge >= 0.3 is 11.9 Å². The molecule has 0 aromatic heterocycles. The number of phosphoric acid groups is 1. The zero-order valence-electron chi connectivity index (χ0n) is 47.4. The minimum atomic E-state index is -4.63. The van der Waals surface area contributed by atoms with E-state index in [4.69, 9.17) is 18.5 Å².